The van der Waals surface area contributed by atoms with Crippen LogP contribution in [0.4, 0.5) is 0 Å². The van der Waals surface area contributed by atoms with Crippen LogP contribution in [0.25, 0.3) is 0 Å². The van der Waals surface area contributed by atoms with Crippen molar-refractivity contribution in [3.05, 3.63) is 0 Å². The summed E-state index contributed by atoms with van der Waals surface area (Å²) in [6.07, 6.45) is 2.70. The molecule has 1 saturated carbocycles. The highest BCUT2D eigenvalue weighted by Crippen LogP contribution is 2.43. The standard InChI is InChI=1S/C11H22N2O/c1-9(12)7-13-5-6-14-11(2,8-13)10-3-4-10/h9-10H,3-8,12H2,1-2H3/t9-,11?/m1/s1. The fraction of sp³-hybridized carbons (Fsp3) is 1.00. The van der Waals surface area contributed by atoms with Crippen molar-refractivity contribution in [1.29, 1.82) is 0 Å². The van der Waals surface area contributed by atoms with Crippen LogP contribution in [0.15, 0.2) is 0 Å². The van der Waals surface area contributed by atoms with Crippen LogP contribution in [-0.4, -0.2) is 42.8 Å². The second kappa shape index (κ2) is 3.80. The van der Waals surface area contributed by atoms with Crippen molar-refractivity contribution < 1.29 is 4.74 Å². The monoisotopic (exact) mass is 198 g/mol. The van der Waals surface area contributed by atoms with Crippen molar-refractivity contribution in [1.82, 2.24) is 4.90 Å². The lowest BCUT2D eigenvalue weighted by Crippen LogP contribution is -2.53. The Bertz CT molecular complexity index is 203. The fourth-order valence-corrected chi connectivity index (χ4v) is 2.48. The molecule has 0 radical (unpaired) electrons. The molecule has 0 spiro atoms. The van der Waals surface area contributed by atoms with Crippen molar-refractivity contribution in [2.75, 3.05) is 26.2 Å². The van der Waals surface area contributed by atoms with Gasteiger partial charge in [0.05, 0.1) is 12.2 Å². The Hall–Kier alpha value is -0.120. The molecule has 0 amide bonds. The van der Waals surface area contributed by atoms with E-state index < -0.39 is 0 Å². The molecule has 2 rings (SSSR count). The van der Waals surface area contributed by atoms with Gasteiger partial charge in [-0.2, -0.15) is 0 Å². The highest BCUT2D eigenvalue weighted by atomic mass is 16.5. The van der Waals surface area contributed by atoms with Gasteiger partial charge in [-0.15, -0.1) is 0 Å². The van der Waals surface area contributed by atoms with Crippen molar-refractivity contribution in [2.45, 2.75) is 38.3 Å². The third kappa shape index (κ3) is 2.27. The van der Waals surface area contributed by atoms with Crippen molar-refractivity contribution in [3.63, 3.8) is 0 Å². The van der Waals surface area contributed by atoms with Crippen LogP contribution < -0.4 is 5.73 Å². The van der Waals surface area contributed by atoms with Crippen LogP contribution in [0, 0.1) is 5.92 Å². The minimum absolute atomic E-state index is 0.118. The van der Waals surface area contributed by atoms with Gasteiger partial charge in [0.25, 0.3) is 0 Å². The molecule has 0 aromatic carbocycles. The van der Waals surface area contributed by atoms with Crippen LogP contribution in [0.2, 0.25) is 0 Å². The molecule has 3 heteroatoms. The van der Waals surface area contributed by atoms with Gasteiger partial charge >= 0.3 is 0 Å². The Morgan fingerprint density at radius 3 is 2.86 bits per heavy atom. The Balaban J connectivity index is 1.89. The summed E-state index contributed by atoms with van der Waals surface area (Å²) in [4.78, 5) is 2.45. The molecule has 14 heavy (non-hydrogen) atoms. The minimum atomic E-state index is 0.118. The van der Waals surface area contributed by atoms with E-state index in [1.807, 2.05) is 0 Å². The molecule has 1 unspecified atom stereocenters. The molecule has 1 saturated heterocycles. The first-order chi connectivity index (χ1) is 6.60. The zero-order chi connectivity index (χ0) is 10.2. The van der Waals surface area contributed by atoms with E-state index in [1.54, 1.807) is 0 Å². The average Bonchev–Trinajstić information content (AvgIpc) is 2.84. The van der Waals surface area contributed by atoms with E-state index >= 15 is 0 Å². The van der Waals surface area contributed by atoms with Gasteiger partial charge < -0.3 is 10.5 Å². The van der Waals surface area contributed by atoms with E-state index in [2.05, 4.69) is 18.7 Å². The quantitative estimate of drug-likeness (QED) is 0.730. The number of rotatable bonds is 3. The molecule has 1 aliphatic heterocycles. The molecule has 2 aliphatic rings. The van der Waals surface area contributed by atoms with E-state index in [1.165, 1.54) is 12.8 Å². The van der Waals surface area contributed by atoms with Gasteiger partial charge in [-0.1, -0.05) is 0 Å². The van der Waals surface area contributed by atoms with Crippen LogP contribution in [-0.2, 0) is 4.74 Å². The first-order valence-electron chi connectivity index (χ1n) is 5.72. The number of hydrogen-bond donors (Lipinski definition) is 1. The third-order valence-electron chi connectivity index (χ3n) is 3.36. The lowest BCUT2D eigenvalue weighted by Gasteiger charge is -2.41. The molecule has 82 valence electrons. The summed E-state index contributed by atoms with van der Waals surface area (Å²) < 4.78 is 5.92. The van der Waals surface area contributed by atoms with E-state index in [9.17, 15) is 0 Å². The zero-order valence-electron chi connectivity index (χ0n) is 9.33. The number of nitrogens with two attached hydrogens (primary N) is 1. The number of ether oxygens (including phenoxy) is 1. The minimum Gasteiger partial charge on any atom is -0.372 e. The molecular weight excluding hydrogens is 176 g/mol. The summed E-state index contributed by atoms with van der Waals surface area (Å²) in [6.45, 7) is 8.33. The van der Waals surface area contributed by atoms with E-state index in [0.29, 0.717) is 0 Å². The predicted molar refractivity (Wildman–Crippen MR) is 57.2 cm³/mol. The molecular formula is C11H22N2O. The van der Waals surface area contributed by atoms with Gasteiger partial charge in [0.2, 0.25) is 0 Å². The van der Waals surface area contributed by atoms with E-state index in [-0.39, 0.29) is 11.6 Å². The number of hydrogen-bond acceptors (Lipinski definition) is 3. The summed E-state index contributed by atoms with van der Waals surface area (Å²) >= 11 is 0. The Labute approximate surface area is 86.6 Å². The lowest BCUT2D eigenvalue weighted by atomic mass is 9.97. The normalized spacial score (nSPS) is 37.1. The predicted octanol–water partition coefficient (Wildman–Crippen LogP) is 0.834. The van der Waals surface area contributed by atoms with Crippen molar-refractivity contribution in [3.8, 4) is 0 Å². The van der Waals surface area contributed by atoms with E-state index in [4.69, 9.17) is 10.5 Å². The molecule has 1 aliphatic carbocycles. The number of morpholine rings is 1. The Kier molecular flexibility index (Phi) is 2.82. The second-order valence-corrected chi connectivity index (χ2v) is 5.15. The largest absolute Gasteiger partial charge is 0.372 e. The van der Waals surface area contributed by atoms with Crippen molar-refractivity contribution >= 4 is 0 Å². The zero-order valence-corrected chi connectivity index (χ0v) is 9.33. The summed E-state index contributed by atoms with van der Waals surface area (Å²) in [7, 11) is 0. The Morgan fingerprint density at radius 1 is 1.57 bits per heavy atom. The smallest absolute Gasteiger partial charge is 0.0809 e. The molecule has 0 bridgehead atoms. The summed E-state index contributed by atoms with van der Waals surface area (Å²) in [6, 6.07) is 0.275. The Morgan fingerprint density at radius 2 is 2.29 bits per heavy atom. The molecule has 2 atom stereocenters. The van der Waals surface area contributed by atoms with Crippen LogP contribution in [0.1, 0.15) is 26.7 Å². The van der Waals surface area contributed by atoms with Gasteiger partial charge in [0.1, 0.15) is 0 Å². The summed E-state index contributed by atoms with van der Waals surface area (Å²) in [5, 5.41) is 0. The fourth-order valence-electron chi connectivity index (χ4n) is 2.48. The maximum atomic E-state index is 5.92. The lowest BCUT2D eigenvalue weighted by molar-refractivity contribution is -0.111. The first kappa shape index (κ1) is 10.4. The number of nitrogens with zero attached hydrogens (tertiary/aromatic N) is 1. The van der Waals surface area contributed by atoms with Gasteiger partial charge in [-0.3, -0.25) is 4.90 Å². The van der Waals surface area contributed by atoms with E-state index in [0.717, 1.165) is 32.2 Å². The summed E-state index contributed by atoms with van der Waals surface area (Å²) in [5.41, 5.74) is 5.94. The molecule has 2 N–H and O–H groups in total. The van der Waals surface area contributed by atoms with Crippen molar-refractivity contribution in [2.24, 2.45) is 11.7 Å². The third-order valence-corrected chi connectivity index (χ3v) is 3.36. The molecule has 1 heterocycles. The van der Waals surface area contributed by atoms with Crippen LogP contribution >= 0.6 is 0 Å². The SMILES string of the molecule is C[C@@H](N)CN1CCOC(C)(C2CC2)C1. The second-order valence-electron chi connectivity index (χ2n) is 5.15. The highest BCUT2D eigenvalue weighted by Gasteiger charge is 2.45. The highest BCUT2D eigenvalue weighted by molar-refractivity contribution is 4.97. The van der Waals surface area contributed by atoms with Gasteiger partial charge in [-0.05, 0) is 32.6 Å². The molecule has 0 aromatic heterocycles. The maximum absolute atomic E-state index is 5.92. The molecule has 3 nitrogen and oxygen atoms in total. The van der Waals surface area contributed by atoms with Gasteiger partial charge in [0, 0.05) is 25.7 Å². The maximum Gasteiger partial charge on any atom is 0.0809 e. The molecule has 2 fully saturated rings. The van der Waals surface area contributed by atoms with Crippen LogP contribution in [0.5, 0.6) is 0 Å². The topological polar surface area (TPSA) is 38.5 Å². The first-order valence-corrected chi connectivity index (χ1v) is 5.72. The van der Waals surface area contributed by atoms with Gasteiger partial charge in [-0.25, -0.2) is 0 Å². The van der Waals surface area contributed by atoms with Crippen LogP contribution in [0.3, 0.4) is 0 Å². The average molecular weight is 198 g/mol. The van der Waals surface area contributed by atoms with Gasteiger partial charge in [0.15, 0.2) is 0 Å². The summed E-state index contributed by atoms with van der Waals surface area (Å²) in [5.74, 6) is 0.804. The molecule has 0 aromatic rings.